The number of pyridine rings is 1. The summed E-state index contributed by atoms with van der Waals surface area (Å²) in [5, 5.41) is 18.6. The molecule has 8 heteroatoms. The number of aliphatic carboxylic acids is 1. The highest BCUT2D eigenvalue weighted by atomic mass is 16.4. The van der Waals surface area contributed by atoms with Crippen molar-refractivity contribution in [1.82, 2.24) is 25.3 Å². The molecule has 0 aromatic carbocycles. The molecule has 0 fully saturated rings. The zero-order valence-corrected chi connectivity index (χ0v) is 9.85. The number of rotatable bonds is 5. The number of carbonyl (C=O) groups excluding carboxylic acids is 1. The summed E-state index contributed by atoms with van der Waals surface area (Å²) >= 11 is 0. The van der Waals surface area contributed by atoms with Gasteiger partial charge in [0, 0.05) is 18.0 Å². The van der Waals surface area contributed by atoms with E-state index >= 15 is 0 Å². The van der Waals surface area contributed by atoms with E-state index in [1.807, 2.05) is 0 Å². The van der Waals surface area contributed by atoms with Gasteiger partial charge in [-0.15, -0.1) is 5.10 Å². The zero-order valence-electron chi connectivity index (χ0n) is 9.85. The van der Waals surface area contributed by atoms with Crippen LogP contribution in [-0.2, 0) is 17.9 Å². The summed E-state index contributed by atoms with van der Waals surface area (Å²) in [7, 11) is 0. The molecule has 0 bridgehead atoms. The maximum absolute atomic E-state index is 11.7. The molecule has 0 saturated carbocycles. The van der Waals surface area contributed by atoms with E-state index < -0.39 is 5.97 Å². The fraction of sp³-hybridized carbons (Fsp3) is 0.182. The summed E-state index contributed by atoms with van der Waals surface area (Å²) in [6.45, 7) is -0.0773. The molecule has 0 radical (unpaired) electrons. The average Bonchev–Trinajstić information content (AvgIpc) is 2.84. The predicted molar refractivity (Wildman–Crippen MR) is 63.1 cm³/mol. The summed E-state index contributed by atoms with van der Waals surface area (Å²) < 4.78 is 1.19. The third kappa shape index (κ3) is 3.60. The highest BCUT2D eigenvalue weighted by Gasteiger charge is 2.07. The van der Waals surface area contributed by atoms with Crippen LogP contribution in [0.3, 0.4) is 0 Å². The van der Waals surface area contributed by atoms with Gasteiger partial charge in [-0.1, -0.05) is 5.21 Å². The van der Waals surface area contributed by atoms with E-state index in [1.165, 1.54) is 23.3 Å². The maximum Gasteiger partial charge on any atom is 0.325 e. The van der Waals surface area contributed by atoms with Gasteiger partial charge in [0.15, 0.2) is 0 Å². The molecule has 0 spiro atoms. The van der Waals surface area contributed by atoms with Crippen LogP contribution in [0.1, 0.15) is 16.1 Å². The van der Waals surface area contributed by atoms with Crippen molar-refractivity contribution in [3.63, 3.8) is 0 Å². The molecule has 0 unspecified atom stereocenters. The minimum atomic E-state index is -1.00. The van der Waals surface area contributed by atoms with Crippen molar-refractivity contribution in [2.75, 3.05) is 0 Å². The maximum atomic E-state index is 11.7. The minimum absolute atomic E-state index is 0.181. The molecule has 2 rings (SSSR count). The normalized spacial score (nSPS) is 10.1. The fourth-order valence-electron chi connectivity index (χ4n) is 1.41. The van der Waals surface area contributed by atoms with Crippen LogP contribution in [0.4, 0.5) is 0 Å². The topological polar surface area (TPSA) is 110 Å². The van der Waals surface area contributed by atoms with Gasteiger partial charge in [-0.05, 0) is 12.1 Å². The van der Waals surface area contributed by atoms with E-state index in [9.17, 15) is 9.59 Å². The molecule has 98 valence electrons. The standard InChI is InChI=1S/C11H11N5O3/c17-10(18)7-16-6-9(14-15-16)5-13-11(19)8-1-3-12-4-2-8/h1-4,6H,5,7H2,(H,13,19)(H,17,18). The van der Waals surface area contributed by atoms with E-state index in [-0.39, 0.29) is 19.0 Å². The molecule has 2 aromatic heterocycles. The van der Waals surface area contributed by atoms with E-state index in [1.54, 1.807) is 12.1 Å². The van der Waals surface area contributed by atoms with Crippen LogP contribution in [0, 0.1) is 0 Å². The van der Waals surface area contributed by atoms with Crippen LogP contribution < -0.4 is 5.32 Å². The van der Waals surface area contributed by atoms with Gasteiger partial charge >= 0.3 is 5.97 Å². The Hall–Kier alpha value is -2.77. The largest absolute Gasteiger partial charge is 0.480 e. The van der Waals surface area contributed by atoms with Crippen molar-refractivity contribution in [1.29, 1.82) is 0 Å². The molecule has 2 N–H and O–H groups in total. The number of aromatic nitrogens is 4. The number of carboxylic acid groups (broad SMARTS) is 1. The molecule has 0 saturated heterocycles. The van der Waals surface area contributed by atoms with Crippen molar-refractivity contribution in [2.45, 2.75) is 13.1 Å². The number of hydrogen-bond acceptors (Lipinski definition) is 5. The molecule has 2 heterocycles. The van der Waals surface area contributed by atoms with Gasteiger partial charge in [0.25, 0.3) is 5.91 Å². The van der Waals surface area contributed by atoms with Gasteiger partial charge in [-0.2, -0.15) is 0 Å². The Kier molecular flexibility index (Phi) is 3.81. The second kappa shape index (κ2) is 5.71. The van der Waals surface area contributed by atoms with Crippen LogP contribution in [0.15, 0.2) is 30.7 Å². The van der Waals surface area contributed by atoms with Gasteiger partial charge in [0.05, 0.1) is 12.7 Å². The summed E-state index contributed by atoms with van der Waals surface area (Å²) in [4.78, 5) is 26.0. The first-order valence-electron chi connectivity index (χ1n) is 5.44. The van der Waals surface area contributed by atoms with Crippen molar-refractivity contribution < 1.29 is 14.7 Å². The van der Waals surface area contributed by atoms with Crippen molar-refractivity contribution >= 4 is 11.9 Å². The molecule has 19 heavy (non-hydrogen) atoms. The van der Waals surface area contributed by atoms with Gasteiger partial charge in [-0.3, -0.25) is 14.6 Å². The van der Waals surface area contributed by atoms with Crippen molar-refractivity contribution in [3.05, 3.63) is 42.0 Å². The lowest BCUT2D eigenvalue weighted by atomic mass is 10.2. The number of hydrogen-bond donors (Lipinski definition) is 2. The second-order valence-electron chi connectivity index (χ2n) is 3.72. The van der Waals surface area contributed by atoms with Gasteiger partial charge < -0.3 is 10.4 Å². The molecule has 1 amide bonds. The number of nitrogens with one attached hydrogen (secondary N) is 1. The fourth-order valence-corrected chi connectivity index (χ4v) is 1.41. The molecule has 0 aliphatic heterocycles. The van der Waals surface area contributed by atoms with Crippen molar-refractivity contribution in [2.24, 2.45) is 0 Å². The molecule has 0 atom stereocenters. The lowest BCUT2D eigenvalue weighted by Crippen LogP contribution is -2.22. The zero-order chi connectivity index (χ0) is 13.7. The Labute approximate surface area is 108 Å². The number of carbonyl (C=O) groups is 2. The Balaban J connectivity index is 1.90. The van der Waals surface area contributed by atoms with E-state index in [4.69, 9.17) is 5.11 Å². The summed E-state index contributed by atoms with van der Waals surface area (Å²) in [5.74, 6) is -1.26. The Morgan fingerprint density at radius 2 is 2.05 bits per heavy atom. The molecule has 8 nitrogen and oxygen atoms in total. The number of carboxylic acids is 1. The first-order chi connectivity index (χ1) is 9.15. The van der Waals surface area contributed by atoms with Crippen LogP contribution in [0.25, 0.3) is 0 Å². The second-order valence-corrected chi connectivity index (χ2v) is 3.72. The third-order valence-electron chi connectivity index (χ3n) is 2.26. The van der Waals surface area contributed by atoms with E-state index in [0.717, 1.165) is 0 Å². The quantitative estimate of drug-likeness (QED) is 0.763. The molecule has 2 aromatic rings. The third-order valence-corrected chi connectivity index (χ3v) is 2.26. The molecule has 0 aliphatic rings. The smallest absolute Gasteiger partial charge is 0.325 e. The van der Waals surface area contributed by atoms with Crippen LogP contribution >= 0.6 is 0 Å². The average molecular weight is 261 g/mol. The predicted octanol–water partition coefficient (Wildman–Crippen LogP) is -0.312. The number of nitrogens with zero attached hydrogens (tertiary/aromatic N) is 4. The SMILES string of the molecule is O=C(O)Cn1cc(CNC(=O)c2ccncc2)nn1. The van der Waals surface area contributed by atoms with Gasteiger partial charge in [0.2, 0.25) is 0 Å². The van der Waals surface area contributed by atoms with Gasteiger partial charge in [-0.25, -0.2) is 4.68 Å². The highest BCUT2D eigenvalue weighted by Crippen LogP contribution is 1.98. The van der Waals surface area contributed by atoms with Crippen LogP contribution in [0.5, 0.6) is 0 Å². The van der Waals surface area contributed by atoms with Crippen molar-refractivity contribution in [3.8, 4) is 0 Å². The van der Waals surface area contributed by atoms with Gasteiger partial charge in [0.1, 0.15) is 12.2 Å². The first-order valence-corrected chi connectivity index (χ1v) is 5.44. The Bertz CT molecular complexity index is 581. The van der Waals surface area contributed by atoms with Crippen LogP contribution in [0.2, 0.25) is 0 Å². The van der Waals surface area contributed by atoms with E-state index in [2.05, 4.69) is 20.6 Å². The Morgan fingerprint density at radius 3 is 2.74 bits per heavy atom. The monoisotopic (exact) mass is 261 g/mol. The summed E-state index contributed by atoms with van der Waals surface area (Å²) in [6.07, 6.45) is 4.52. The Morgan fingerprint density at radius 1 is 1.32 bits per heavy atom. The van der Waals surface area contributed by atoms with E-state index in [0.29, 0.717) is 11.3 Å². The lowest BCUT2D eigenvalue weighted by Gasteiger charge is -2.01. The summed E-state index contributed by atoms with van der Waals surface area (Å²) in [5.41, 5.74) is 0.983. The molecular weight excluding hydrogens is 250 g/mol. The molecule has 0 aliphatic carbocycles. The number of amides is 1. The summed E-state index contributed by atoms with van der Waals surface area (Å²) in [6, 6.07) is 3.19. The van der Waals surface area contributed by atoms with Crippen LogP contribution in [-0.4, -0.2) is 37.0 Å². The highest BCUT2D eigenvalue weighted by molar-refractivity contribution is 5.93. The minimum Gasteiger partial charge on any atom is -0.480 e. The first kappa shape index (κ1) is 12.7. The molecular formula is C11H11N5O3. The lowest BCUT2D eigenvalue weighted by molar-refractivity contribution is -0.137.